The first-order valence-electron chi connectivity index (χ1n) is 5.66. The predicted molar refractivity (Wildman–Crippen MR) is 67.6 cm³/mol. The third-order valence-corrected chi connectivity index (χ3v) is 6.47. The Hall–Kier alpha value is -0.430. The highest BCUT2D eigenvalue weighted by Gasteiger charge is 2.33. The van der Waals surface area contributed by atoms with Crippen molar-refractivity contribution >= 4 is 21.4 Å². The number of sulfonamides is 1. The van der Waals surface area contributed by atoms with Crippen LogP contribution in [-0.4, -0.2) is 37.0 Å². The molecule has 2 atom stereocenters. The monoisotopic (exact) mass is 275 g/mol. The Bertz CT molecular complexity index is 495. The highest BCUT2D eigenvalue weighted by atomic mass is 32.2. The van der Waals surface area contributed by atoms with Gasteiger partial charge in [-0.25, -0.2) is 8.42 Å². The lowest BCUT2D eigenvalue weighted by Crippen LogP contribution is -2.44. The minimum absolute atomic E-state index is 0.000385. The number of hydrogen-bond acceptors (Lipinski definition) is 4. The van der Waals surface area contributed by atoms with E-state index < -0.39 is 10.0 Å². The molecule has 1 saturated heterocycles. The van der Waals surface area contributed by atoms with Crippen LogP contribution in [0.15, 0.2) is 16.3 Å². The van der Waals surface area contributed by atoms with Crippen molar-refractivity contribution in [2.75, 3.05) is 13.1 Å². The number of thiophene rings is 1. The number of nitrogens with zero attached hydrogens (tertiary/aromatic N) is 1. The zero-order chi connectivity index (χ0) is 12.6. The Kier molecular flexibility index (Phi) is 3.58. The molecule has 0 amide bonds. The molecule has 0 spiro atoms. The highest BCUT2D eigenvalue weighted by Crippen LogP contribution is 2.28. The predicted octanol–water partition coefficient (Wildman–Crippen LogP) is 1.45. The molecule has 0 radical (unpaired) electrons. The van der Waals surface area contributed by atoms with Crippen molar-refractivity contribution in [3.05, 3.63) is 17.0 Å². The smallest absolute Gasteiger partial charge is 0.252 e. The molecule has 1 aliphatic heterocycles. The van der Waals surface area contributed by atoms with Gasteiger partial charge in [-0.15, -0.1) is 11.3 Å². The van der Waals surface area contributed by atoms with Crippen molar-refractivity contribution in [2.24, 2.45) is 5.92 Å². The fraction of sp³-hybridized carbons (Fsp3) is 0.636. The van der Waals surface area contributed by atoms with Gasteiger partial charge in [0.05, 0.1) is 6.10 Å². The molecule has 0 bridgehead atoms. The summed E-state index contributed by atoms with van der Waals surface area (Å²) in [5.41, 5.74) is 0. The van der Waals surface area contributed by atoms with Crippen molar-refractivity contribution < 1.29 is 13.5 Å². The third kappa shape index (κ3) is 2.54. The Labute approximate surface area is 106 Å². The number of rotatable bonds is 2. The van der Waals surface area contributed by atoms with Crippen molar-refractivity contribution in [2.45, 2.75) is 30.6 Å². The molecular formula is C11H17NO3S2. The van der Waals surface area contributed by atoms with E-state index in [0.717, 1.165) is 4.88 Å². The second kappa shape index (κ2) is 4.68. The number of aryl methyl sites for hydroxylation is 1. The number of piperidine rings is 1. The van der Waals surface area contributed by atoms with Gasteiger partial charge in [0.15, 0.2) is 0 Å². The zero-order valence-corrected chi connectivity index (χ0v) is 11.6. The standard InChI is InChI=1S/C11H17NO3S2/c1-8-7-12(6-5-10(8)13)17(14,15)11-4-3-9(2)16-11/h3-4,8,10,13H,5-7H2,1-2H3. The molecule has 17 heavy (non-hydrogen) atoms. The highest BCUT2D eigenvalue weighted by molar-refractivity contribution is 7.91. The Morgan fingerprint density at radius 1 is 1.47 bits per heavy atom. The maximum absolute atomic E-state index is 12.3. The Balaban J connectivity index is 2.22. The van der Waals surface area contributed by atoms with E-state index >= 15 is 0 Å². The van der Waals surface area contributed by atoms with E-state index in [0.29, 0.717) is 23.7 Å². The lowest BCUT2D eigenvalue weighted by atomic mass is 9.99. The fourth-order valence-electron chi connectivity index (χ4n) is 1.99. The Morgan fingerprint density at radius 3 is 2.71 bits per heavy atom. The van der Waals surface area contributed by atoms with Crippen LogP contribution < -0.4 is 0 Å². The van der Waals surface area contributed by atoms with Crippen molar-refractivity contribution in [1.29, 1.82) is 0 Å². The molecule has 2 heterocycles. The molecule has 0 aliphatic carbocycles. The second-order valence-corrected chi connectivity index (χ2v) is 8.01. The molecule has 1 aromatic heterocycles. The molecule has 1 aromatic rings. The van der Waals surface area contributed by atoms with Crippen LogP contribution in [0.25, 0.3) is 0 Å². The summed E-state index contributed by atoms with van der Waals surface area (Å²) in [7, 11) is -3.36. The topological polar surface area (TPSA) is 57.6 Å². The zero-order valence-electron chi connectivity index (χ0n) is 9.96. The van der Waals surface area contributed by atoms with Gasteiger partial charge in [-0.05, 0) is 31.4 Å². The third-order valence-electron chi connectivity index (χ3n) is 3.13. The van der Waals surface area contributed by atoms with Crippen LogP contribution >= 0.6 is 11.3 Å². The average molecular weight is 275 g/mol. The van der Waals surface area contributed by atoms with E-state index in [2.05, 4.69) is 0 Å². The van der Waals surface area contributed by atoms with Crippen molar-refractivity contribution in [1.82, 2.24) is 4.31 Å². The summed E-state index contributed by atoms with van der Waals surface area (Å²) in [5, 5.41) is 9.62. The van der Waals surface area contributed by atoms with Gasteiger partial charge >= 0.3 is 0 Å². The maximum Gasteiger partial charge on any atom is 0.252 e. The summed E-state index contributed by atoms with van der Waals surface area (Å²) in [6.07, 6.45) is 0.136. The van der Waals surface area contributed by atoms with Gasteiger partial charge in [0, 0.05) is 18.0 Å². The van der Waals surface area contributed by atoms with Crippen molar-refractivity contribution in [3.8, 4) is 0 Å². The van der Waals surface area contributed by atoms with E-state index in [4.69, 9.17) is 0 Å². The van der Waals surface area contributed by atoms with Crippen molar-refractivity contribution in [3.63, 3.8) is 0 Å². The maximum atomic E-state index is 12.3. The van der Waals surface area contributed by atoms with E-state index in [9.17, 15) is 13.5 Å². The minimum atomic E-state index is -3.36. The summed E-state index contributed by atoms with van der Waals surface area (Å²) in [5.74, 6) is -0.000385. The first-order chi connectivity index (χ1) is 7.91. The molecule has 0 saturated carbocycles. The quantitative estimate of drug-likeness (QED) is 0.888. The van der Waals surface area contributed by atoms with Crippen LogP contribution in [0.4, 0.5) is 0 Å². The van der Waals surface area contributed by atoms with Gasteiger partial charge in [0.25, 0.3) is 10.0 Å². The number of aliphatic hydroxyl groups excluding tert-OH is 1. The summed E-state index contributed by atoms with van der Waals surface area (Å²) in [6, 6.07) is 3.48. The van der Waals surface area contributed by atoms with Crippen LogP contribution in [0.2, 0.25) is 0 Å². The molecule has 2 unspecified atom stereocenters. The largest absolute Gasteiger partial charge is 0.393 e. The second-order valence-electron chi connectivity index (χ2n) is 4.56. The Morgan fingerprint density at radius 2 is 2.18 bits per heavy atom. The molecule has 1 aliphatic rings. The SMILES string of the molecule is Cc1ccc(S(=O)(=O)N2CCC(O)C(C)C2)s1. The van der Waals surface area contributed by atoms with Gasteiger partial charge in [-0.1, -0.05) is 6.92 Å². The molecule has 4 nitrogen and oxygen atoms in total. The summed E-state index contributed by atoms with van der Waals surface area (Å²) >= 11 is 1.30. The lowest BCUT2D eigenvalue weighted by molar-refractivity contribution is 0.0629. The van der Waals surface area contributed by atoms with Gasteiger partial charge in [0.1, 0.15) is 4.21 Å². The minimum Gasteiger partial charge on any atom is -0.393 e. The summed E-state index contributed by atoms with van der Waals surface area (Å²) < 4.78 is 26.5. The van der Waals surface area contributed by atoms with E-state index in [-0.39, 0.29) is 12.0 Å². The first-order valence-corrected chi connectivity index (χ1v) is 7.91. The van der Waals surface area contributed by atoms with Crippen LogP contribution in [0.5, 0.6) is 0 Å². The van der Waals surface area contributed by atoms with E-state index in [1.165, 1.54) is 15.6 Å². The molecule has 0 aromatic carbocycles. The number of aliphatic hydroxyl groups is 1. The van der Waals surface area contributed by atoms with Gasteiger partial charge in [-0.2, -0.15) is 4.31 Å². The van der Waals surface area contributed by atoms with E-state index in [1.54, 1.807) is 6.07 Å². The lowest BCUT2D eigenvalue weighted by Gasteiger charge is -2.33. The van der Waals surface area contributed by atoms with Gasteiger partial charge < -0.3 is 5.11 Å². The average Bonchev–Trinajstić information content (AvgIpc) is 2.69. The van der Waals surface area contributed by atoms with Gasteiger partial charge in [0.2, 0.25) is 0 Å². The fourth-order valence-corrected chi connectivity index (χ4v) is 4.98. The van der Waals surface area contributed by atoms with Crippen LogP contribution in [0.1, 0.15) is 18.2 Å². The summed E-state index contributed by atoms with van der Waals surface area (Å²) in [6.45, 7) is 4.59. The normalized spacial score (nSPS) is 27.2. The molecule has 96 valence electrons. The molecule has 1 fully saturated rings. The molecular weight excluding hydrogens is 258 g/mol. The number of hydrogen-bond donors (Lipinski definition) is 1. The molecule has 2 rings (SSSR count). The summed E-state index contributed by atoms with van der Waals surface area (Å²) in [4.78, 5) is 0.994. The first kappa shape index (κ1) is 13.0. The van der Waals surface area contributed by atoms with Crippen LogP contribution in [0.3, 0.4) is 0 Å². The van der Waals surface area contributed by atoms with Gasteiger partial charge in [-0.3, -0.25) is 0 Å². The molecule has 6 heteroatoms. The van der Waals surface area contributed by atoms with Crippen LogP contribution in [0, 0.1) is 12.8 Å². The van der Waals surface area contributed by atoms with E-state index in [1.807, 2.05) is 19.9 Å². The molecule has 1 N–H and O–H groups in total. The van der Waals surface area contributed by atoms with Crippen LogP contribution in [-0.2, 0) is 10.0 Å².